The number of benzene rings is 1. The van der Waals surface area contributed by atoms with E-state index in [9.17, 15) is 13.2 Å². The molecule has 0 aliphatic carbocycles. The van der Waals surface area contributed by atoms with E-state index in [2.05, 4.69) is 15.9 Å². The van der Waals surface area contributed by atoms with Gasteiger partial charge in [-0.3, -0.25) is 4.79 Å². The van der Waals surface area contributed by atoms with Crippen LogP contribution in [-0.4, -0.2) is 25.3 Å². The Hall–Kier alpha value is -0.680. The smallest absolute Gasteiger partial charge is 0.178 e. The highest BCUT2D eigenvalue weighted by Crippen LogP contribution is 2.11. The summed E-state index contributed by atoms with van der Waals surface area (Å²) in [6.07, 6.45) is 0.0580. The van der Waals surface area contributed by atoms with Crippen LogP contribution in [0.3, 0.4) is 0 Å². The molecule has 0 spiro atoms. The molecule has 0 N–H and O–H groups in total. The van der Waals surface area contributed by atoms with Gasteiger partial charge in [-0.2, -0.15) is 0 Å². The van der Waals surface area contributed by atoms with E-state index < -0.39 is 9.84 Å². The molecule has 15 heavy (non-hydrogen) atoms. The number of ketones is 1. The maximum absolute atomic E-state index is 11.7. The first-order chi connectivity index (χ1) is 7.06. The molecular formula is C10H11BrO3S. The van der Waals surface area contributed by atoms with Crippen LogP contribution in [0.5, 0.6) is 0 Å². The zero-order chi connectivity index (χ0) is 11.3. The van der Waals surface area contributed by atoms with Gasteiger partial charge in [0.2, 0.25) is 0 Å². The van der Waals surface area contributed by atoms with Crippen LogP contribution >= 0.6 is 15.9 Å². The van der Waals surface area contributed by atoms with Crippen molar-refractivity contribution in [1.29, 1.82) is 0 Å². The number of Topliss-reactive ketones (excluding diaryl/α,β-unsaturated/α-hetero) is 1. The van der Waals surface area contributed by atoms with Gasteiger partial charge in [0.05, 0.1) is 16.0 Å². The summed E-state index contributed by atoms with van der Waals surface area (Å²) in [4.78, 5) is 11.2. The van der Waals surface area contributed by atoms with E-state index in [0.29, 0.717) is 0 Å². The number of sulfone groups is 1. The van der Waals surface area contributed by atoms with Crippen molar-refractivity contribution in [1.82, 2.24) is 0 Å². The maximum atomic E-state index is 11.7. The Bertz CT molecular complexity index is 425. The molecule has 0 unspecified atom stereocenters. The predicted molar refractivity (Wildman–Crippen MR) is 61.9 cm³/mol. The molecule has 0 atom stereocenters. The standard InChI is InChI=1S/C10H11BrO3S/c11-8-9(12)6-7-15(13,14)10-4-2-1-3-5-10/h1-5H,6-8H2. The van der Waals surface area contributed by atoms with Gasteiger partial charge in [-0.1, -0.05) is 34.1 Å². The minimum Gasteiger partial charge on any atom is -0.299 e. The van der Waals surface area contributed by atoms with Gasteiger partial charge in [0, 0.05) is 6.42 Å². The SMILES string of the molecule is O=C(CBr)CCS(=O)(=O)c1ccccc1. The minimum absolute atomic E-state index is 0.0580. The van der Waals surface area contributed by atoms with Gasteiger partial charge < -0.3 is 0 Å². The van der Waals surface area contributed by atoms with Gasteiger partial charge in [0.1, 0.15) is 5.78 Å². The molecule has 0 saturated heterocycles. The molecule has 0 aromatic heterocycles. The van der Waals surface area contributed by atoms with E-state index >= 15 is 0 Å². The fourth-order valence-corrected chi connectivity index (χ4v) is 2.64. The number of rotatable bonds is 5. The van der Waals surface area contributed by atoms with Gasteiger partial charge in [-0.05, 0) is 12.1 Å². The van der Waals surface area contributed by atoms with Crippen LogP contribution in [0.2, 0.25) is 0 Å². The molecule has 0 radical (unpaired) electrons. The quantitative estimate of drug-likeness (QED) is 0.777. The van der Waals surface area contributed by atoms with Crippen molar-refractivity contribution in [2.24, 2.45) is 0 Å². The molecule has 0 saturated carbocycles. The zero-order valence-electron chi connectivity index (χ0n) is 8.02. The molecule has 0 amide bonds. The Kier molecular flexibility index (Phi) is 4.47. The number of carbonyl (C=O) groups excluding carboxylic acids is 1. The average molecular weight is 291 g/mol. The highest BCUT2D eigenvalue weighted by atomic mass is 79.9. The number of alkyl halides is 1. The summed E-state index contributed by atoms with van der Waals surface area (Å²) in [6.45, 7) is 0. The Balaban J connectivity index is 2.73. The summed E-state index contributed by atoms with van der Waals surface area (Å²) < 4.78 is 23.4. The van der Waals surface area contributed by atoms with Crippen LogP contribution in [0.4, 0.5) is 0 Å². The van der Waals surface area contributed by atoms with Crippen LogP contribution in [0.1, 0.15) is 6.42 Å². The monoisotopic (exact) mass is 290 g/mol. The summed E-state index contributed by atoms with van der Waals surface area (Å²) in [5, 5.41) is 0.206. The number of hydrogen-bond donors (Lipinski definition) is 0. The van der Waals surface area contributed by atoms with Gasteiger partial charge in [-0.15, -0.1) is 0 Å². The molecule has 0 aliphatic rings. The minimum atomic E-state index is -3.31. The lowest BCUT2D eigenvalue weighted by molar-refractivity contribution is -0.116. The van der Waals surface area contributed by atoms with Crippen molar-refractivity contribution < 1.29 is 13.2 Å². The summed E-state index contributed by atoms with van der Waals surface area (Å²) in [5.41, 5.74) is 0. The molecule has 1 rings (SSSR count). The topological polar surface area (TPSA) is 51.2 Å². The highest BCUT2D eigenvalue weighted by Gasteiger charge is 2.15. The maximum Gasteiger partial charge on any atom is 0.178 e. The van der Waals surface area contributed by atoms with Crippen molar-refractivity contribution in [2.45, 2.75) is 11.3 Å². The van der Waals surface area contributed by atoms with Crippen molar-refractivity contribution in [2.75, 3.05) is 11.1 Å². The van der Waals surface area contributed by atoms with Crippen LogP contribution in [0.15, 0.2) is 35.2 Å². The normalized spacial score (nSPS) is 11.3. The second kappa shape index (κ2) is 5.42. The van der Waals surface area contributed by atoms with E-state index in [1.54, 1.807) is 18.2 Å². The molecule has 0 heterocycles. The van der Waals surface area contributed by atoms with Crippen LogP contribution in [-0.2, 0) is 14.6 Å². The Morgan fingerprint density at radius 1 is 1.20 bits per heavy atom. The molecule has 3 nitrogen and oxygen atoms in total. The van der Waals surface area contributed by atoms with E-state index in [1.165, 1.54) is 12.1 Å². The lowest BCUT2D eigenvalue weighted by Gasteiger charge is -2.02. The molecule has 0 fully saturated rings. The summed E-state index contributed by atoms with van der Waals surface area (Å²) in [5.74, 6) is -0.226. The van der Waals surface area contributed by atoms with Crippen molar-refractivity contribution in [3.8, 4) is 0 Å². The van der Waals surface area contributed by atoms with Gasteiger partial charge in [-0.25, -0.2) is 8.42 Å². The summed E-state index contributed by atoms with van der Waals surface area (Å²) >= 11 is 2.99. The third-order valence-electron chi connectivity index (χ3n) is 1.90. The van der Waals surface area contributed by atoms with Crippen LogP contribution < -0.4 is 0 Å². The lowest BCUT2D eigenvalue weighted by Crippen LogP contribution is -2.11. The third-order valence-corrected chi connectivity index (χ3v) is 4.26. The van der Waals surface area contributed by atoms with Crippen molar-refractivity contribution >= 4 is 31.6 Å². The first-order valence-corrected chi connectivity index (χ1v) is 7.19. The summed E-state index contributed by atoms with van der Waals surface area (Å²) in [7, 11) is -3.31. The Morgan fingerprint density at radius 3 is 2.33 bits per heavy atom. The molecule has 0 aliphatic heterocycles. The first kappa shape index (κ1) is 12.4. The Labute approximate surface area is 97.5 Å². The molecular weight excluding hydrogens is 280 g/mol. The molecule has 1 aromatic carbocycles. The van der Waals surface area contributed by atoms with E-state index in [-0.39, 0.29) is 28.2 Å². The van der Waals surface area contributed by atoms with Gasteiger partial charge in [0.15, 0.2) is 9.84 Å². The second-order valence-corrected chi connectivity index (χ2v) is 5.72. The average Bonchev–Trinajstić information content (AvgIpc) is 2.27. The fourth-order valence-electron chi connectivity index (χ4n) is 1.06. The highest BCUT2D eigenvalue weighted by molar-refractivity contribution is 9.09. The number of hydrogen-bond acceptors (Lipinski definition) is 3. The van der Waals surface area contributed by atoms with Crippen LogP contribution in [0.25, 0.3) is 0 Å². The number of carbonyl (C=O) groups is 1. The third kappa shape index (κ3) is 3.76. The van der Waals surface area contributed by atoms with Crippen molar-refractivity contribution in [3.05, 3.63) is 30.3 Å². The zero-order valence-corrected chi connectivity index (χ0v) is 10.4. The molecule has 82 valence electrons. The first-order valence-electron chi connectivity index (χ1n) is 4.42. The molecule has 5 heteroatoms. The van der Waals surface area contributed by atoms with E-state index in [1.807, 2.05) is 0 Å². The van der Waals surface area contributed by atoms with Gasteiger partial charge in [0.25, 0.3) is 0 Å². The largest absolute Gasteiger partial charge is 0.299 e. The van der Waals surface area contributed by atoms with Gasteiger partial charge >= 0.3 is 0 Å². The van der Waals surface area contributed by atoms with E-state index in [4.69, 9.17) is 0 Å². The van der Waals surface area contributed by atoms with Crippen molar-refractivity contribution in [3.63, 3.8) is 0 Å². The Morgan fingerprint density at radius 2 is 1.80 bits per heavy atom. The fraction of sp³-hybridized carbons (Fsp3) is 0.300. The second-order valence-electron chi connectivity index (χ2n) is 3.05. The predicted octanol–water partition coefficient (Wildman–Crippen LogP) is 1.81. The van der Waals surface area contributed by atoms with Crippen LogP contribution in [0, 0.1) is 0 Å². The lowest BCUT2D eigenvalue weighted by atomic mass is 10.4. The number of halogens is 1. The van der Waals surface area contributed by atoms with E-state index in [0.717, 1.165) is 0 Å². The molecule has 1 aromatic rings. The molecule has 0 bridgehead atoms. The summed E-state index contributed by atoms with van der Waals surface area (Å²) in [6, 6.07) is 8.16.